The van der Waals surface area contributed by atoms with Crippen molar-refractivity contribution in [2.45, 2.75) is 25.4 Å². The Balaban J connectivity index is 1.79. The molecule has 150 valence electrons. The molecule has 1 aromatic carbocycles. The molecule has 2 atom stereocenters. The van der Waals surface area contributed by atoms with Crippen molar-refractivity contribution in [2.75, 3.05) is 13.2 Å². The molecule has 29 heavy (non-hydrogen) atoms. The van der Waals surface area contributed by atoms with E-state index >= 15 is 0 Å². The molecule has 0 unspecified atom stereocenters. The summed E-state index contributed by atoms with van der Waals surface area (Å²) < 4.78 is 2.17. The maximum Gasteiger partial charge on any atom is 0.170 e. The van der Waals surface area contributed by atoms with Crippen LogP contribution in [-0.2, 0) is 0 Å². The number of aliphatic hydroxyl groups excluding tert-OH is 1. The van der Waals surface area contributed by atoms with Crippen molar-refractivity contribution in [3.8, 4) is 5.69 Å². The third kappa shape index (κ3) is 3.88. The molecule has 5 nitrogen and oxygen atoms in total. The molecule has 0 saturated carbocycles. The van der Waals surface area contributed by atoms with Crippen molar-refractivity contribution < 1.29 is 5.11 Å². The van der Waals surface area contributed by atoms with E-state index in [0.29, 0.717) is 18.1 Å². The van der Waals surface area contributed by atoms with Crippen LogP contribution in [0.15, 0.2) is 60.9 Å². The monoisotopic (exact) mass is 426 g/mol. The fourth-order valence-corrected chi connectivity index (χ4v) is 4.31. The fraction of sp³-hybridized carbons (Fsp3) is 0.273. The van der Waals surface area contributed by atoms with E-state index in [1.165, 1.54) is 0 Å². The Bertz CT molecular complexity index is 1010. The highest BCUT2D eigenvalue weighted by molar-refractivity contribution is 7.80. The minimum atomic E-state index is -0.0792. The average Bonchev–Trinajstić information content (AvgIpc) is 3.33. The highest BCUT2D eigenvalue weighted by Gasteiger charge is 2.40. The lowest BCUT2D eigenvalue weighted by Gasteiger charge is -2.29. The number of halogens is 1. The van der Waals surface area contributed by atoms with Crippen LogP contribution < -0.4 is 5.32 Å². The lowest BCUT2D eigenvalue weighted by molar-refractivity contribution is 0.245. The van der Waals surface area contributed by atoms with Gasteiger partial charge in [-0.05, 0) is 73.6 Å². The highest BCUT2D eigenvalue weighted by Crippen LogP contribution is 2.39. The van der Waals surface area contributed by atoms with Gasteiger partial charge in [-0.25, -0.2) is 0 Å². The molecular weight excluding hydrogens is 404 g/mol. The summed E-state index contributed by atoms with van der Waals surface area (Å²) in [6, 6.07) is 16.0. The van der Waals surface area contributed by atoms with E-state index in [2.05, 4.69) is 38.1 Å². The number of pyridine rings is 1. The lowest BCUT2D eigenvalue weighted by atomic mass is 10.0. The molecule has 4 rings (SSSR count). The largest absolute Gasteiger partial charge is 0.396 e. The van der Waals surface area contributed by atoms with Gasteiger partial charge in [0.1, 0.15) is 0 Å². The zero-order chi connectivity index (χ0) is 20.4. The molecule has 3 heterocycles. The lowest BCUT2D eigenvalue weighted by Crippen LogP contribution is -2.31. The first-order chi connectivity index (χ1) is 14.1. The van der Waals surface area contributed by atoms with Gasteiger partial charge in [-0.2, -0.15) is 0 Å². The second-order valence-electron chi connectivity index (χ2n) is 7.13. The number of benzene rings is 1. The second-order valence-corrected chi connectivity index (χ2v) is 7.93. The van der Waals surface area contributed by atoms with Gasteiger partial charge >= 0.3 is 0 Å². The first-order valence-corrected chi connectivity index (χ1v) is 10.4. The Morgan fingerprint density at radius 1 is 1.21 bits per heavy atom. The minimum Gasteiger partial charge on any atom is -0.396 e. The topological polar surface area (TPSA) is 53.3 Å². The van der Waals surface area contributed by atoms with Crippen LogP contribution in [0.4, 0.5) is 0 Å². The van der Waals surface area contributed by atoms with Crippen LogP contribution in [-0.4, -0.2) is 37.8 Å². The van der Waals surface area contributed by atoms with Gasteiger partial charge < -0.3 is 19.9 Å². The Hall–Kier alpha value is -2.41. The number of hydrogen-bond donors (Lipinski definition) is 2. The molecule has 2 N–H and O–H groups in total. The highest BCUT2D eigenvalue weighted by atomic mass is 35.5. The summed E-state index contributed by atoms with van der Waals surface area (Å²) in [4.78, 5) is 6.73. The zero-order valence-corrected chi connectivity index (χ0v) is 17.7. The molecule has 1 saturated heterocycles. The maximum atomic E-state index is 9.38. The van der Waals surface area contributed by atoms with E-state index < -0.39 is 0 Å². The van der Waals surface area contributed by atoms with Crippen LogP contribution in [0.3, 0.4) is 0 Å². The second kappa shape index (κ2) is 8.53. The van der Waals surface area contributed by atoms with Crippen LogP contribution in [0.25, 0.3) is 5.69 Å². The number of aryl methyl sites for hydroxylation is 1. The van der Waals surface area contributed by atoms with Gasteiger partial charge in [0, 0.05) is 41.9 Å². The van der Waals surface area contributed by atoms with E-state index in [0.717, 1.165) is 27.7 Å². The molecule has 0 aliphatic carbocycles. The van der Waals surface area contributed by atoms with Gasteiger partial charge in [-0.3, -0.25) is 4.98 Å². The van der Waals surface area contributed by atoms with Crippen LogP contribution in [0.2, 0.25) is 5.02 Å². The number of thiocarbonyl (C=S) groups is 1. The third-order valence-electron chi connectivity index (χ3n) is 5.26. The van der Waals surface area contributed by atoms with E-state index in [9.17, 15) is 5.11 Å². The summed E-state index contributed by atoms with van der Waals surface area (Å²) in [6.45, 7) is 2.80. The van der Waals surface area contributed by atoms with E-state index in [1.54, 1.807) is 6.20 Å². The summed E-state index contributed by atoms with van der Waals surface area (Å²) in [5.41, 5.74) is 4.12. The number of aromatic nitrogens is 2. The number of hydrogen-bond acceptors (Lipinski definition) is 3. The van der Waals surface area contributed by atoms with Gasteiger partial charge in [0.25, 0.3) is 0 Å². The Labute approximate surface area is 180 Å². The number of aliphatic hydroxyl groups is 1. The summed E-state index contributed by atoms with van der Waals surface area (Å²) in [6.07, 6.45) is 4.50. The van der Waals surface area contributed by atoms with Crippen molar-refractivity contribution >= 4 is 28.9 Å². The summed E-state index contributed by atoms with van der Waals surface area (Å²) >= 11 is 11.9. The molecule has 1 fully saturated rings. The van der Waals surface area contributed by atoms with Crippen molar-refractivity contribution in [1.29, 1.82) is 0 Å². The van der Waals surface area contributed by atoms with Gasteiger partial charge in [-0.15, -0.1) is 0 Å². The molecule has 0 radical (unpaired) electrons. The molecule has 0 spiro atoms. The van der Waals surface area contributed by atoms with Crippen molar-refractivity contribution in [3.05, 3.63) is 82.9 Å². The van der Waals surface area contributed by atoms with Crippen molar-refractivity contribution in [1.82, 2.24) is 19.8 Å². The van der Waals surface area contributed by atoms with Crippen LogP contribution in [0, 0.1) is 6.92 Å². The van der Waals surface area contributed by atoms with Gasteiger partial charge in [0.2, 0.25) is 0 Å². The van der Waals surface area contributed by atoms with Gasteiger partial charge in [0.15, 0.2) is 5.11 Å². The van der Waals surface area contributed by atoms with Crippen molar-refractivity contribution in [2.24, 2.45) is 0 Å². The Morgan fingerprint density at radius 2 is 2.07 bits per heavy atom. The average molecular weight is 427 g/mol. The van der Waals surface area contributed by atoms with E-state index in [1.807, 2.05) is 43.3 Å². The van der Waals surface area contributed by atoms with Gasteiger partial charge in [0.05, 0.1) is 17.8 Å². The number of nitrogens with zero attached hydrogens (tertiary/aromatic N) is 3. The van der Waals surface area contributed by atoms with Crippen LogP contribution in [0.5, 0.6) is 0 Å². The molecule has 3 aromatic rings. The van der Waals surface area contributed by atoms with Gasteiger partial charge in [-0.1, -0.05) is 17.7 Å². The smallest absolute Gasteiger partial charge is 0.170 e. The van der Waals surface area contributed by atoms with Crippen LogP contribution in [0.1, 0.15) is 35.5 Å². The zero-order valence-electron chi connectivity index (χ0n) is 16.1. The normalized spacial score (nSPS) is 18.9. The molecule has 1 aliphatic rings. The first-order valence-electron chi connectivity index (χ1n) is 9.63. The quantitative estimate of drug-likeness (QED) is 0.579. The molecular formula is C22H23ClN4OS. The van der Waals surface area contributed by atoms with E-state index in [-0.39, 0.29) is 18.7 Å². The minimum absolute atomic E-state index is 0.0464. The summed E-state index contributed by atoms with van der Waals surface area (Å²) in [7, 11) is 0. The van der Waals surface area contributed by atoms with Crippen molar-refractivity contribution in [3.63, 3.8) is 0 Å². The number of rotatable bonds is 6. The van der Waals surface area contributed by atoms with Crippen LogP contribution >= 0.6 is 23.8 Å². The number of nitrogens with one attached hydrogen (secondary N) is 1. The molecule has 1 aliphatic heterocycles. The fourth-order valence-electron chi connectivity index (χ4n) is 3.86. The van der Waals surface area contributed by atoms with E-state index in [4.69, 9.17) is 23.8 Å². The predicted octanol–water partition coefficient (Wildman–Crippen LogP) is 4.19. The molecule has 7 heteroatoms. The molecule has 0 amide bonds. The summed E-state index contributed by atoms with van der Waals surface area (Å²) in [5, 5.41) is 14.3. The standard InChI is InChI=1S/C22H23ClN4OS/c1-15-14-16(8-9-17(15)23)26-11-4-7-19(26)21-20(18-6-2-3-10-24-18)25-22(29)27(21)12-5-13-28/h2-4,6-11,14,20-21,28H,5,12-13H2,1H3,(H,25,29)/t20-,21-/m1/s1. The molecule has 0 bridgehead atoms. The summed E-state index contributed by atoms with van der Waals surface area (Å²) in [5.74, 6) is 0. The maximum absolute atomic E-state index is 9.38. The Morgan fingerprint density at radius 3 is 2.79 bits per heavy atom. The first kappa shape index (κ1) is 19.9. The SMILES string of the molecule is Cc1cc(-n2cccc2[C@@H]2[C@@H](c3ccccn3)NC(=S)N2CCCO)ccc1Cl. The molecule has 2 aromatic heterocycles. The third-order valence-corrected chi connectivity index (χ3v) is 6.03. The Kier molecular flexibility index (Phi) is 5.85. The predicted molar refractivity (Wildman–Crippen MR) is 119 cm³/mol.